The fraction of sp³-hybridized carbons (Fsp3) is 0.211. The van der Waals surface area contributed by atoms with Gasteiger partial charge in [0.05, 0.1) is 10.0 Å². The Kier molecular flexibility index (Phi) is 6.09. The molecule has 2 aromatic carbocycles. The van der Waals surface area contributed by atoms with Crippen LogP contribution in [0.15, 0.2) is 59.5 Å². The molecule has 1 atom stereocenters. The molecule has 0 unspecified atom stereocenters. The molecule has 5 nitrogen and oxygen atoms in total. The molecule has 142 valence electrons. The number of amides is 1. The topological polar surface area (TPSA) is 75.3 Å². The van der Waals surface area contributed by atoms with Crippen molar-refractivity contribution in [3.05, 3.63) is 64.7 Å². The third-order valence-electron chi connectivity index (χ3n) is 4.17. The van der Waals surface area contributed by atoms with Gasteiger partial charge in [0, 0.05) is 17.8 Å². The molecular formula is C19H18Cl2N2O3S. The van der Waals surface area contributed by atoms with E-state index in [-0.39, 0.29) is 26.8 Å². The molecule has 1 aliphatic carbocycles. The van der Waals surface area contributed by atoms with E-state index < -0.39 is 10.0 Å². The van der Waals surface area contributed by atoms with E-state index >= 15 is 0 Å². The van der Waals surface area contributed by atoms with Gasteiger partial charge in [-0.25, -0.2) is 8.42 Å². The number of nitrogens with one attached hydrogen (secondary N) is 2. The van der Waals surface area contributed by atoms with E-state index in [9.17, 15) is 13.2 Å². The molecule has 0 saturated carbocycles. The van der Waals surface area contributed by atoms with Crippen LogP contribution in [-0.2, 0) is 14.8 Å². The molecule has 0 spiro atoms. The Labute approximate surface area is 168 Å². The normalized spacial score (nSPS) is 16.3. The summed E-state index contributed by atoms with van der Waals surface area (Å²) in [6.07, 6.45) is 6.61. The van der Waals surface area contributed by atoms with Gasteiger partial charge < -0.3 is 5.32 Å². The molecule has 0 heterocycles. The number of anilines is 2. The number of rotatable bonds is 6. The van der Waals surface area contributed by atoms with Crippen molar-refractivity contribution in [2.45, 2.75) is 24.2 Å². The van der Waals surface area contributed by atoms with E-state index in [0.29, 0.717) is 17.8 Å². The number of hydrogen-bond acceptors (Lipinski definition) is 3. The number of halogens is 2. The van der Waals surface area contributed by atoms with Crippen LogP contribution in [0.5, 0.6) is 0 Å². The second kappa shape index (κ2) is 8.33. The largest absolute Gasteiger partial charge is 0.326 e. The van der Waals surface area contributed by atoms with Gasteiger partial charge in [-0.3, -0.25) is 9.52 Å². The maximum atomic E-state index is 12.5. The third kappa shape index (κ3) is 5.03. The lowest BCUT2D eigenvalue weighted by Gasteiger charge is -2.12. The fourth-order valence-electron chi connectivity index (χ4n) is 2.88. The predicted octanol–water partition coefficient (Wildman–Crippen LogP) is 5.09. The standard InChI is InChI=1S/C19H18Cl2N2O3S/c20-16-6-3-7-17(21)19(16)27(25,26)23-15-10-8-14(9-11-15)22-18(24)12-13-4-1-2-5-13/h1,3-4,6-11,13,23H,2,5,12H2,(H,22,24)/t13-/m0/s1. The molecule has 0 aliphatic heterocycles. The average Bonchev–Trinajstić information content (AvgIpc) is 3.09. The van der Waals surface area contributed by atoms with Crippen LogP contribution in [0.1, 0.15) is 19.3 Å². The molecule has 1 aliphatic rings. The van der Waals surface area contributed by atoms with E-state index in [1.165, 1.54) is 12.1 Å². The first-order valence-electron chi connectivity index (χ1n) is 8.38. The smallest absolute Gasteiger partial charge is 0.264 e. The maximum absolute atomic E-state index is 12.5. The molecule has 1 amide bonds. The van der Waals surface area contributed by atoms with Gasteiger partial charge in [-0.2, -0.15) is 0 Å². The van der Waals surface area contributed by atoms with Gasteiger partial charge >= 0.3 is 0 Å². The number of carbonyl (C=O) groups excluding carboxylic acids is 1. The van der Waals surface area contributed by atoms with Crippen molar-refractivity contribution in [2.24, 2.45) is 5.92 Å². The SMILES string of the molecule is O=C(C[C@H]1C=CCC1)Nc1ccc(NS(=O)(=O)c2c(Cl)cccc2Cl)cc1. The van der Waals surface area contributed by atoms with Crippen molar-refractivity contribution in [3.8, 4) is 0 Å². The second-order valence-electron chi connectivity index (χ2n) is 6.25. The molecular weight excluding hydrogens is 407 g/mol. The quantitative estimate of drug-likeness (QED) is 0.634. The zero-order valence-electron chi connectivity index (χ0n) is 14.3. The summed E-state index contributed by atoms with van der Waals surface area (Å²) in [4.78, 5) is 11.9. The minimum Gasteiger partial charge on any atom is -0.326 e. The van der Waals surface area contributed by atoms with E-state index in [1.54, 1.807) is 30.3 Å². The second-order valence-corrected chi connectivity index (χ2v) is 8.69. The Morgan fingerprint density at radius 2 is 1.67 bits per heavy atom. The minimum absolute atomic E-state index is 0.0415. The van der Waals surface area contributed by atoms with Crippen LogP contribution in [0.4, 0.5) is 11.4 Å². The van der Waals surface area contributed by atoms with Gasteiger partial charge in [0.15, 0.2) is 0 Å². The molecule has 2 aromatic rings. The van der Waals surface area contributed by atoms with E-state index in [2.05, 4.69) is 22.2 Å². The van der Waals surface area contributed by atoms with Crippen LogP contribution in [-0.4, -0.2) is 14.3 Å². The van der Waals surface area contributed by atoms with Gasteiger partial charge in [-0.15, -0.1) is 0 Å². The first-order valence-corrected chi connectivity index (χ1v) is 10.6. The van der Waals surface area contributed by atoms with Crippen molar-refractivity contribution >= 4 is 50.5 Å². The lowest BCUT2D eigenvalue weighted by Crippen LogP contribution is -2.15. The van der Waals surface area contributed by atoms with E-state index in [1.807, 2.05) is 0 Å². The summed E-state index contributed by atoms with van der Waals surface area (Å²) in [6, 6.07) is 10.9. The zero-order valence-corrected chi connectivity index (χ0v) is 16.6. The van der Waals surface area contributed by atoms with Crippen LogP contribution >= 0.6 is 23.2 Å². The van der Waals surface area contributed by atoms with Crippen LogP contribution in [0.3, 0.4) is 0 Å². The Morgan fingerprint density at radius 3 is 2.26 bits per heavy atom. The van der Waals surface area contributed by atoms with Gasteiger partial charge in [0.2, 0.25) is 5.91 Å². The number of sulfonamides is 1. The molecule has 0 radical (unpaired) electrons. The summed E-state index contributed by atoms with van der Waals surface area (Å²) in [5.74, 6) is 0.221. The number of allylic oxidation sites excluding steroid dienone is 2. The van der Waals surface area contributed by atoms with Crippen molar-refractivity contribution < 1.29 is 13.2 Å². The molecule has 0 fully saturated rings. The van der Waals surface area contributed by atoms with Gasteiger partial charge in [-0.1, -0.05) is 41.4 Å². The highest BCUT2D eigenvalue weighted by atomic mass is 35.5. The molecule has 0 saturated heterocycles. The number of carbonyl (C=O) groups is 1. The number of hydrogen-bond donors (Lipinski definition) is 2. The summed E-state index contributed by atoms with van der Waals surface area (Å²) in [7, 11) is -3.94. The maximum Gasteiger partial charge on any atom is 0.264 e. The van der Waals surface area contributed by atoms with Crippen LogP contribution in [0.25, 0.3) is 0 Å². The van der Waals surface area contributed by atoms with Crippen LogP contribution in [0.2, 0.25) is 10.0 Å². The zero-order chi connectivity index (χ0) is 19.4. The fourth-order valence-corrected chi connectivity index (χ4v) is 5.09. The van der Waals surface area contributed by atoms with E-state index in [4.69, 9.17) is 23.2 Å². The molecule has 3 rings (SSSR count). The summed E-state index contributed by atoms with van der Waals surface area (Å²) in [5, 5.41) is 2.90. The summed E-state index contributed by atoms with van der Waals surface area (Å²) in [6.45, 7) is 0. The highest BCUT2D eigenvalue weighted by molar-refractivity contribution is 7.93. The minimum atomic E-state index is -3.94. The van der Waals surface area contributed by atoms with Crippen molar-refractivity contribution in [3.63, 3.8) is 0 Å². The van der Waals surface area contributed by atoms with Crippen molar-refractivity contribution in [1.29, 1.82) is 0 Å². The van der Waals surface area contributed by atoms with Gasteiger partial charge in [0.1, 0.15) is 4.90 Å². The van der Waals surface area contributed by atoms with Crippen LogP contribution in [0, 0.1) is 5.92 Å². The Balaban J connectivity index is 1.66. The molecule has 2 N–H and O–H groups in total. The summed E-state index contributed by atoms with van der Waals surface area (Å²) in [5.41, 5.74) is 0.934. The Bertz CT molecular complexity index is 953. The first kappa shape index (κ1) is 19.7. The predicted molar refractivity (Wildman–Crippen MR) is 109 cm³/mol. The molecule has 8 heteroatoms. The summed E-state index contributed by atoms with van der Waals surface area (Å²) >= 11 is 12.0. The van der Waals surface area contributed by atoms with E-state index in [0.717, 1.165) is 12.8 Å². The van der Waals surface area contributed by atoms with Gasteiger partial charge in [0.25, 0.3) is 10.0 Å². The van der Waals surface area contributed by atoms with Crippen molar-refractivity contribution in [1.82, 2.24) is 0 Å². The van der Waals surface area contributed by atoms with Gasteiger partial charge in [-0.05, 0) is 55.2 Å². The highest BCUT2D eigenvalue weighted by Crippen LogP contribution is 2.30. The molecule has 0 bridgehead atoms. The lowest BCUT2D eigenvalue weighted by atomic mass is 10.1. The Hall–Kier alpha value is -2.02. The molecule has 0 aromatic heterocycles. The Morgan fingerprint density at radius 1 is 1.04 bits per heavy atom. The lowest BCUT2D eigenvalue weighted by molar-refractivity contribution is -0.116. The third-order valence-corrected chi connectivity index (χ3v) is 6.50. The number of benzene rings is 2. The van der Waals surface area contributed by atoms with Crippen molar-refractivity contribution in [2.75, 3.05) is 10.0 Å². The molecule has 27 heavy (non-hydrogen) atoms. The van der Waals surface area contributed by atoms with Crippen LogP contribution < -0.4 is 10.0 Å². The monoisotopic (exact) mass is 424 g/mol. The average molecular weight is 425 g/mol. The highest BCUT2D eigenvalue weighted by Gasteiger charge is 2.21. The first-order chi connectivity index (χ1) is 12.8. The summed E-state index contributed by atoms with van der Waals surface area (Å²) < 4.78 is 27.5.